The summed E-state index contributed by atoms with van der Waals surface area (Å²) in [7, 11) is 0. The summed E-state index contributed by atoms with van der Waals surface area (Å²) in [5, 5.41) is 0.698. The molecule has 0 atom stereocenters. The molecule has 0 amide bonds. The third kappa shape index (κ3) is 3.09. The molecule has 2 nitrogen and oxygen atoms in total. The quantitative estimate of drug-likeness (QED) is 0.330. The molecule has 0 fully saturated rings. The molecule has 0 saturated heterocycles. The number of aromatic nitrogens is 2. The van der Waals surface area contributed by atoms with Gasteiger partial charge >= 0.3 is 0 Å². The van der Waals surface area contributed by atoms with E-state index in [0.717, 1.165) is 30.6 Å². The minimum atomic E-state index is 0.533. The van der Waals surface area contributed by atoms with Gasteiger partial charge in [0.15, 0.2) is 0 Å². The average Bonchev–Trinajstić information content (AvgIpc) is 2.76. The molecule has 0 bridgehead atoms. The molecule has 0 radical (unpaired) electrons. The number of imidazole rings is 1. The lowest BCUT2D eigenvalue weighted by atomic mass is 10.2. The fraction of sp³-hybridized carbons (Fsp3) is 0.133. The summed E-state index contributed by atoms with van der Waals surface area (Å²) in [6.07, 6.45) is 0.710. The second-order valence-electron chi connectivity index (χ2n) is 4.53. The van der Waals surface area contributed by atoms with Crippen LogP contribution in [0.1, 0.15) is 5.82 Å². The van der Waals surface area contributed by atoms with E-state index in [1.165, 1.54) is 0 Å². The minimum Gasteiger partial charge on any atom is -0.295 e. The summed E-state index contributed by atoms with van der Waals surface area (Å²) < 4.78 is 4.23. The van der Waals surface area contributed by atoms with Gasteiger partial charge in [-0.05, 0) is 74.9 Å². The lowest BCUT2D eigenvalue weighted by molar-refractivity contribution is 0.909. The third-order valence-corrected chi connectivity index (χ3v) is 4.88. The Morgan fingerprint density at radius 3 is 2.71 bits per heavy atom. The molecule has 0 N–H and O–H groups in total. The number of rotatable bonds is 3. The Hall–Kier alpha value is -0.300. The number of fused-ring (bicyclic) bond motifs is 1. The zero-order valence-electron chi connectivity index (χ0n) is 10.8. The van der Waals surface area contributed by atoms with Crippen LogP contribution in [0.3, 0.4) is 0 Å². The molecule has 108 valence electrons. The van der Waals surface area contributed by atoms with Crippen molar-refractivity contribution < 1.29 is 0 Å². The Kier molecular flexibility index (Phi) is 4.78. The first-order valence-corrected chi connectivity index (χ1v) is 9.07. The van der Waals surface area contributed by atoms with Gasteiger partial charge in [-0.15, -0.1) is 11.6 Å². The standard InChI is InChI=1S/C15H10BrCl2IN2/c16-11-7-9(18)1-3-13(11)21-14-4-2-10(19)8-12(14)20-15(21)5-6-17/h1-4,7-8H,5-6H2. The molecular weight excluding hydrogens is 486 g/mol. The van der Waals surface area contributed by atoms with Crippen molar-refractivity contribution in [1.29, 1.82) is 0 Å². The maximum atomic E-state index is 6.04. The summed E-state index contributed by atoms with van der Waals surface area (Å²) in [4.78, 5) is 4.72. The predicted molar refractivity (Wildman–Crippen MR) is 101 cm³/mol. The highest BCUT2D eigenvalue weighted by molar-refractivity contribution is 14.1. The van der Waals surface area contributed by atoms with Crippen molar-refractivity contribution in [2.75, 3.05) is 5.88 Å². The monoisotopic (exact) mass is 494 g/mol. The fourth-order valence-electron chi connectivity index (χ4n) is 2.29. The summed E-state index contributed by atoms with van der Waals surface area (Å²) in [6, 6.07) is 12.0. The van der Waals surface area contributed by atoms with E-state index in [0.29, 0.717) is 17.3 Å². The first kappa shape index (κ1) is 15.6. The van der Waals surface area contributed by atoms with Crippen LogP contribution in [0.15, 0.2) is 40.9 Å². The summed E-state index contributed by atoms with van der Waals surface area (Å²) in [6.45, 7) is 0. The summed E-state index contributed by atoms with van der Waals surface area (Å²) >= 11 is 17.9. The van der Waals surface area contributed by atoms with Crippen LogP contribution in [0, 0.1) is 3.57 Å². The topological polar surface area (TPSA) is 17.8 Å². The second kappa shape index (κ2) is 6.44. The normalized spacial score (nSPS) is 11.2. The van der Waals surface area contributed by atoms with E-state index in [1.807, 2.05) is 18.2 Å². The van der Waals surface area contributed by atoms with Crippen LogP contribution in [0.25, 0.3) is 16.7 Å². The Morgan fingerprint density at radius 1 is 1.19 bits per heavy atom. The molecular formula is C15H10BrCl2IN2. The number of halogens is 4. The molecule has 3 aromatic rings. The average molecular weight is 496 g/mol. The fourth-order valence-corrected chi connectivity index (χ4v) is 3.79. The van der Waals surface area contributed by atoms with Crippen LogP contribution in [0.5, 0.6) is 0 Å². The van der Waals surface area contributed by atoms with Gasteiger partial charge < -0.3 is 0 Å². The smallest absolute Gasteiger partial charge is 0.115 e. The van der Waals surface area contributed by atoms with Crippen LogP contribution >= 0.6 is 61.7 Å². The Morgan fingerprint density at radius 2 is 2.00 bits per heavy atom. The van der Waals surface area contributed by atoms with Crippen LogP contribution in [0.2, 0.25) is 5.02 Å². The van der Waals surface area contributed by atoms with E-state index >= 15 is 0 Å². The molecule has 1 aromatic heterocycles. The summed E-state index contributed by atoms with van der Waals surface area (Å²) in [5.41, 5.74) is 3.06. The van der Waals surface area contributed by atoms with Crippen molar-refractivity contribution in [3.05, 3.63) is 55.3 Å². The van der Waals surface area contributed by atoms with Crippen molar-refractivity contribution in [3.63, 3.8) is 0 Å². The van der Waals surface area contributed by atoms with Gasteiger partial charge in [0.1, 0.15) is 5.82 Å². The largest absolute Gasteiger partial charge is 0.295 e. The van der Waals surface area contributed by atoms with Crippen LogP contribution in [0.4, 0.5) is 0 Å². The lowest BCUT2D eigenvalue weighted by Gasteiger charge is -2.11. The molecule has 0 saturated carbocycles. The molecule has 0 aliphatic heterocycles. The van der Waals surface area contributed by atoms with Crippen LogP contribution in [-0.4, -0.2) is 15.4 Å². The van der Waals surface area contributed by atoms with Gasteiger partial charge in [0.25, 0.3) is 0 Å². The molecule has 3 rings (SSSR count). The van der Waals surface area contributed by atoms with Crippen molar-refractivity contribution >= 4 is 72.8 Å². The number of nitrogens with zero attached hydrogens (tertiary/aromatic N) is 2. The predicted octanol–water partition coefficient (Wildman–Crippen LogP) is 5.83. The summed E-state index contributed by atoms with van der Waals surface area (Å²) in [5.74, 6) is 1.48. The number of aryl methyl sites for hydroxylation is 1. The number of alkyl halides is 1. The van der Waals surface area contributed by atoms with Crippen LogP contribution < -0.4 is 0 Å². The van der Waals surface area contributed by atoms with Crippen molar-refractivity contribution in [3.8, 4) is 5.69 Å². The molecule has 21 heavy (non-hydrogen) atoms. The van der Waals surface area contributed by atoms with E-state index in [-0.39, 0.29) is 0 Å². The SMILES string of the molecule is ClCCc1nc2cc(I)ccc2n1-c1ccc(Cl)cc1Br. The molecule has 2 aromatic carbocycles. The second-order valence-corrected chi connectivity index (χ2v) is 7.45. The van der Waals surface area contributed by atoms with Crippen molar-refractivity contribution in [1.82, 2.24) is 9.55 Å². The van der Waals surface area contributed by atoms with E-state index in [2.05, 4.69) is 61.3 Å². The molecule has 0 spiro atoms. The Balaban J connectivity index is 2.30. The van der Waals surface area contributed by atoms with Gasteiger partial charge in [-0.2, -0.15) is 0 Å². The minimum absolute atomic E-state index is 0.533. The Bertz CT molecular complexity index is 817. The van der Waals surface area contributed by atoms with Gasteiger partial charge in [0.2, 0.25) is 0 Å². The molecule has 1 heterocycles. The highest BCUT2D eigenvalue weighted by Crippen LogP contribution is 2.30. The van der Waals surface area contributed by atoms with Gasteiger partial charge in [-0.1, -0.05) is 11.6 Å². The zero-order valence-corrected chi connectivity index (χ0v) is 16.0. The van der Waals surface area contributed by atoms with Crippen molar-refractivity contribution in [2.24, 2.45) is 0 Å². The highest BCUT2D eigenvalue weighted by atomic mass is 127. The lowest BCUT2D eigenvalue weighted by Crippen LogP contribution is -2.03. The number of hydrogen-bond acceptors (Lipinski definition) is 1. The Labute approximate surface area is 154 Å². The van der Waals surface area contributed by atoms with Gasteiger partial charge in [-0.25, -0.2) is 4.98 Å². The van der Waals surface area contributed by atoms with E-state index in [9.17, 15) is 0 Å². The van der Waals surface area contributed by atoms with Crippen molar-refractivity contribution in [2.45, 2.75) is 6.42 Å². The van der Waals surface area contributed by atoms with E-state index in [4.69, 9.17) is 28.2 Å². The third-order valence-electron chi connectivity index (χ3n) is 3.15. The molecule has 0 aliphatic carbocycles. The first-order chi connectivity index (χ1) is 10.1. The molecule has 0 unspecified atom stereocenters. The van der Waals surface area contributed by atoms with Gasteiger partial charge in [-0.3, -0.25) is 4.57 Å². The van der Waals surface area contributed by atoms with E-state index < -0.39 is 0 Å². The number of hydrogen-bond donors (Lipinski definition) is 0. The van der Waals surface area contributed by atoms with Gasteiger partial charge in [0, 0.05) is 25.4 Å². The van der Waals surface area contributed by atoms with Gasteiger partial charge in [0.05, 0.1) is 16.7 Å². The number of benzene rings is 2. The maximum Gasteiger partial charge on any atom is 0.115 e. The van der Waals surface area contributed by atoms with E-state index in [1.54, 1.807) is 0 Å². The maximum absolute atomic E-state index is 6.04. The highest BCUT2D eigenvalue weighted by Gasteiger charge is 2.14. The molecule has 0 aliphatic rings. The molecule has 6 heteroatoms. The zero-order chi connectivity index (χ0) is 15.0. The first-order valence-electron chi connectivity index (χ1n) is 6.28. The van der Waals surface area contributed by atoms with Crippen LogP contribution in [-0.2, 0) is 6.42 Å².